The summed E-state index contributed by atoms with van der Waals surface area (Å²) in [5, 5.41) is 16.6. The average molecular weight is 383 g/mol. The normalized spacial score (nSPS) is 16.8. The molecule has 3 rings (SSSR count). The van der Waals surface area contributed by atoms with E-state index < -0.39 is 5.54 Å². The van der Waals surface area contributed by atoms with Crippen LogP contribution in [0.15, 0.2) is 41.8 Å². The van der Waals surface area contributed by atoms with Crippen molar-refractivity contribution in [3.63, 3.8) is 0 Å². The minimum absolute atomic E-state index is 0.0567. The molecule has 1 fully saturated rings. The van der Waals surface area contributed by atoms with Gasteiger partial charge < -0.3 is 10.6 Å². The van der Waals surface area contributed by atoms with Crippen LogP contribution in [0.1, 0.15) is 67.5 Å². The second kappa shape index (κ2) is 8.69. The summed E-state index contributed by atoms with van der Waals surface area (Å²) in [6.07, 6.45) is 3.55. The Morgan fingerprint density at radius 3 is 2.44 bits per heavy atom. The maximum Gasteiger partial charge on any atom is 0.276 e. The number of carbonyl (C=O) groups is 1. The van der Waals surface area contributed by atoms with Gasteiger partial charge in [0, 0.05) is 5.56 Å². The van der Waals surface area contributed by atoms with E-state index in [1.54, 1.807) is 11.3 Å². The smallest absolute Gasteiger partial charge is 0.276 e. The Labute approximate surface area is 165 Å². The van der Waals surface area contributed by atoms with Crippen LogP contribution in [-0.4, -0.2) is 18.0 Å². The first-order chi connectivity index (χ1) is 13.0. The molecule has 1 saturated carbocycles. The number of nitrogens with zero attached hydrogens (tertiary/aromatic N) is 1. The van der Waals surface area contributed by atoms with Gasteiger partial charge in [-0.15, -0.1) is 11.3 Å². The van der Waals surface area contributed by atoms with E-state index in [0.29, 0.717) is 12.5 Å². The Kier molecular flexibility index (Phi) is 6.30. The minimum atomic E-state index is -0.651. The number of quaternary nitrogens is 1. The molecule has 0 saturated heterocycles. The highest BCUT2D eigenvalue weighted by Crippen LogP contribution is 2.29. The molecule has 1 aliphatic carbocycles. The molecule has 0 bridgehead atoms. The van der Waals surface area contributed by atoms with Crippen molar-refractivity contribution in [2.75, 3.05) is 6.54 Å². The summed E-state index contributed by atoms with van der Waals surface area (Å²) in [6, 6.07) is 15.3. The number of hydrogen-bond donors (Lipinski definition) is 2. The van der Waals surface area contributed by atoms with E-state index in [1.165, 1.54) is 16.0 Å². The van der Waals surface area contributed by atoms with Crippen molar-refractivity contribution >= 4 is 17.2 Å². The third-order valence-electron chi connectivity index (χ3n) is 5.40. The minimum Gasteiger partial charge on any atom is -0.333 e. The lowest BCUT2D eigenvalue weighted by molar-refractivity contribution is -0.676. The van der Waals surface area contributed by atoms with Gasteiger partial charge in [-0.2, -0.15) is 5.26 Å². The van der Waals surface area contributed by atoms with E-state index in [1.807, 2.05) is 6.07 Å². The van der Waals surface area contributed by atoms with Crippen molar-refractivity contribution in [1.29, 1.82) is 5.26 Å². The van der Waals surface area contributed by atoms with Crippen molar-refractivity contribution in [2.45, 2.75) is 57.0 Å². The highest BCUT2D eigenvalue weighted by molar-refractivity contribution is 7.10. The number of benzene rings is 1. The Bertz CT molecular complexity index is 784. The zero-order valence-corrected chi connectivity index (χ0v) is 16.9. The third-order valence-corrected chi connectivity index (χ3v) is 6.36. The molecule has 1 heterocycles. The molecular formula is C22H28N3OS+. The zero-order valence-electron chi connectivity index (χ0n) is 16.1. The molecule has 1 aromatic heterocycles. The maximum absolute atomic E-state index is 12.5. The Morgan fingerprint density at radius 1 is 1.22 bits per heavy atom. The number of nitrogens with one attached hydrogen (secondary N) is 1. The number of nitriles is 1. The first-order valence-electron chi connectivity index (χ1n) is 9.72. The molecular weight excluding hydrogens is 354 g/mol. The van der Waals surface area contributed by atoms with Crippen LogP contribution in [-0.2, 0) is 4.79 Å². The van der Waals surface area contributed by atoms with Crippen molar-refractivity contribution in [1.82, 2.24) is 5.32 Å². The summed E-state index contributed by atoms with van der Waals surface area (Å²) in [7, 11) is 0. The molecule has 1 atom stereocenters. The molecule has 0 radical (unpaired) electrons. The Morgan fingerprint density at radius 2 is 1.89 bits per heavy atom. The molecule has 2 aromatic rings. The molecule has 5 heteroatoms. The number of hydrogen-bond acceptors (Lipinski definition) is 3. The summed E-state index contributed by atoms with van der Waals surface area (Å²) in [4.78, 5) is 13.8. The van der Waals surface area contributed by atoms with Crippen LogP contribution in [0.2, 0.25) is 0 Å². The lowest BCUT2D eigenvalue weighted by atomic mass is 9.98. The molecule has 1 aromatic carbocycles. The molecule has 3 N–H and O–H groups in total. The van der Waals surface area contributed by atoms with Crippen molar-refractivity contribution < 1.29 is 10.1 Å². The number of carbonyl (C=O) groups excluding carboxylic acids is 1. The lowest BCUT2D eigenvalue weighted by Crippen LogP contribution is -2.88. The van der Waals surface area contributed by atoms with Gasteiger partial charge in [0.1, 0.15) is 11.6 Å². The fourth-order valence-electron chi connectivity index (χ4n) is 3.76. The standard InChI is InChI=1S/C22H27N3OS/c1-16(2)17-7-9-18(10-8-17)21(19-6-5-13-27-19)24-14-20(26)25-22(15-23)11-3-4-12-22/h5-10,13,16,21,24H,3-4,11-12,14H2,1-2H3,(H,25,26)/p+1/t21-/m0/s1. The van der Waals surface area contributed by atoms with Gasteiger partial charge in [-0.3, -0.25) is 4.79 Å². The van der Waals surface area contributed by atoms with Crippen LogP contribution in [0, 0.1) is 11.3 Å². The van der Waals surface area contributed by atoms with Gasteiger partial charge >= 0.3 is 0 Å². The molecule has 0 unspecified atom stereocenters. The highest BCUT2D eigenvalue weighted by atomic mass is 32.1. The predicted molar refractivity (Wildman–Crippen MR) is 108 cm³/mol. The molecule has 0 spiro atoms. The van der Waals surface area contributed by atoms with E-state index in [0.717, 1.165) is 25.7 Å². The van der Waals surface area contributed by atoms with Crippen molar-refractivity contribution in [3.05, 3.63) is 57.8 Å². The second-order valence-corrected chi connectivity index (χ2v) is 8.68. The van der Waals surface area contributed by atoms with Gasteiger partial charge in [-0.1, -0.05) is 44.2 Å². The monoisotopic (exact) mass is 382 g/mol. The lowest BCUT2D eigenvalue weighted by Gasteiger charge is -2.22. The van der Waals surface area contributed by atoms with Crippen LogP contribution >= 0.6 is 11.3 Å². The zero-order chi connectivity index (χ0) is 19.3. The summed E-state index contributed by atoms with van der Waals surface area (Å²) < 4.78 is 0. The van der Waals surface area contributed by atoms with E-state index in [-0.39, 0.29) is 11.9 Å². The fraction of sp³-hybridized carbons (Fsp3) is 0.455. The Balaban J connectivity index is 1.69. The topological polar surface area (TPSA) is 69.5 Å². The summed E-state index contributed by atoms with van der Waals surface area (Å²) >= 11 is 1.71. The van der Waals surface area contributed by atoms with Gasteiger partial charge in [0.25, 0.3) is 5.91 Å². The number of nitrogens with two attached hydrogens (primary N) is 1. The average Bonchev–Trinajstić information content (AvgIpc) is 3.35. The van der Waals surface area contributed by atoms with E-state index in [2.05, 4.69) is 66.3 Å². The molecule has 142 valence electrons. The van der Waals surface area contributed by atoms with Gasteiger partial charge in [0.2, 0.25) is 0 Å². The van der Waals surface area contributed by atoms with Gasteiger partial charge in [0.15, 0.2) is 6.54 Å². The summed E-state index contributed by atoms with van der Waals surface area (Å²) in [6.45, 7) is 4.70. The SMILES string of the molecule is CC(C)c1ccc([C@H]([NH2+]CC(=O)NC2(C#N)CCCC2)c2cccs2)cc1. The van der Waals surface area contributed by atoms with Crippen LogP contribution in [0.4, 0.5) is 0 Å². The van der Waals surface area contributed by atoms with E-state index in [9.17, 15) is 10.1 Å². The van der Waals surface area contributed by atoms with Gasteiger partial charge in [0.05, 0.1) is 10.9 Å². The van der Waals surface area contributed by atoms with E-state index in [4.69, 9.17) is 0 Å². The van der Waals surface area contributed by atoms with Crippen molar-refractivity contribution in [2.24, 2.45) is 0 Å². The first kappa shape index (κ1) is 19.6. The number of thiophene rings is 1. The van der Waals surface area contributed by atoms with Gasteiger partial charge in [-0.25, -0.2) is 0 Å². The Hall–Kier alpha value is -2.16. The number of rotatable bonds is 7. The van der Waals surface area contributed by atoms with Crippen LogP contribution in [0.5, 0.6) is 0 Å². The summed E-state index contributed by atoms with van der Waals surface area (Å²) in [5.74, 6) is 0.446. The molecule has 1 aliphatic rings. The molecule has 4 nitrogen and oxygen atoms in total. The molecule has 1 amide bonds. The van der Waals surface area contributed by atoms with Crippen LogP contribution < -0.4 is 10.6 Å². The van der Waals surface area contributed by atoms with Gasteiger partial charge in [-0.05, 0) is 48.6 Å². The largest absolute Gasteiger partial charge is 0.333 e. The molecule has 0 aliphatic heterocycles. The maximum atomic E-state index is 12.5. The fourth-order valence-corrected chi connectivity index (χ4v) is 4.61. The van der Waals surface area contributed by atoms with Crippen molar-refractivity contribution in [3.8, 4) is 6.07 Å². The van der Waals surface area contributed by atoms with Crippen LogP contribution in [0.25, 0.3) is 0 Å². The second-order valence-electron chi connectivity index (χ2n) is 7.70. The summed E-state index contributed by atoms with van der Waals surface area (Å²) in [5.41, 5.74) is 1.87. The first-order valence-corrected chi connectivity index (χ1v) is 10.6. The molecule has 27 heavy (non-hydrogen) atoms. The van der Waals surface area contributed by atoms with E-state index >= 15 is 0 Å². The highest BCUT2D eigenvalue weighted by Gasteiger charge is 2.35. The number of amides is 1. The third kappa shape index (κ3) is 4.77. The van der Waals surface area contributed by atoms with Crippen LogP contribution in [0.3, 0.4) is 0 Å². The quantitative estimate of drug-likeness (QED) is 0.770. The predicted octanol–water partition coefficient (Wildman–Crippen LogP) is 3.48.